The number of carbonyl (C=O) groups excluding carboxylic acids is 1. The quantitative estimate of drug-likeness (QED) is 0.709. The Morgan fingerprint density at radius 3 is 2.96 bits per heavy atom. The maximum atomic E-state index is 12.3. The van der Waals surface area contributed by atoms with Gasteiger partial charge in [-0.1, -0.05) is 18.2 Å². The molecule has 6 heteroatoms. The van der Waals surface area contributed by atoms with Gasteiger partial charge in [0.25, 0.3) is 0 Å². The zero-order valence-electron chi connectivity index (χ0n) is 15.6. The van der Waals surface area contributed by atoms with Crippen molar-refractivity contribution >= 4 is 16.9 Å². The van der Waals surface area contributed by atoms with Crippen LogP contribution in [0.1, 0.15) is 30.6 Å². The average Bonchev–Trinajstić information content (AvgIpc) is 3.06. The Labute approximate surface area is 165 Å². The van der Waals surface area contributed by atoms with Crippen molar-refractivity contribution in [2.45, 2.75) is 31.9 Å². The highest BCUT2D eigenvalue weighted by molar-refractivity contribution is 5.89. The molecule has 0 amide bonds. The molecule has 0 aliphatic carbocycles. The summed E-state index contributed by atoms with van der Waals surface area (Å²) >= 11 is 0. The number of piperidine rings is 1. The van der Waals surface area contributed by atoms with Gasteiger partial charge in [0.15, 0.2) is 0 Å². The molecule has 3 aliphatic heterocycles. The van der Waals surface area contributed by atoms with E-state index in [2.05, 4.69) is 41.1 Å². The van der Waals surface area contributed by atoms with Gasteiger partial charge in [0.2, 0.25) is 0 Å². The minimum Gasteiger partial charge on any atom is -1.00 e. The SMILES string of the molecule is COC(=O)C1=CO[C@@H](C)[C@H]2CN3CCc4c([nH]c5ccccc45)[C@@H]3C[C@H]12.[Cl-]. The number of fused-ring (bicyclic) bond motifs is 6. The summed E-state index contributed by atoms with van der Waals surface area (Å²) in [5, 5.41) is 1.34. The topological polar surface area (TPSA) is 54.6 Å². The van der Waals surface area contributed by atoms with Gasteiger partial charge in [-0.2, -0.15) is 0 Å². The summed E-state index contributed by atoms with van der Waals surface area (Å²) in [7, 11) is 1.45. The van der Waals surface area contributed by atoms with E-state index in [9.17, 15) is 4.79 Å². The number of para-hydroxylation sites is 1. The molecule has 3 aliphatic rings. The lowest BCUT2D eigenvalue weighted by Gasteiger charge is -2.49. The van der Waals surface area contributed by atoms with Crippen molar-refractivity contribution < 1.29 is 26.7 Å². The van der Waals surface area contributed by atoms with Crippen molar-refractivity contribution in [3.8, 4) is 0 Å². The molecule has 1 aromatic carbocycles. The van der Waals surface area contributed by atoms with Crippen molar-refractivity contribution in [1.82, 2.24) is 9.88 Å². The minimum atomic E-state index is -0.256. The maximum Gasteiger partial charge on any atom is 0.337 e. The molecular weight excluding hydrogens is 364 g/mol. The Balaban J connectivity index is 0.00000180. The molecule has 1 saturated heterocycles. The molecular formula is C21H24ClN2O3-. The van der Waals surface area contributed by atoms with Crippen LogP contribution in [0, 0.1) is 11.8 Å². The van der Waals surface area contributed by atoms with E-state index in [1.165, 1.54) is 29.3 Å². The van der Waals surface area contributed by atoms with Gasteiger partial charge >= 0.3 is 5.97 Å². The molecule has 5 nitrogen and oxygen atoms in total. The molecule has 0 radical (unpaired) electrons. The maximum absolute atomic E-state index is 12.3. The number of benzene rings is 1. The van der Waals surface area contributed by atoms with Crippen molar-refractivity contribution in [3.05, 3.63) is 47.4 Å². The van der Waals surface area contributed by atoms with Crippen molar-refractivity contribution in [2.75, 3.05) is 20.2 Å². The molecule has 0 bridgehead atoms. The molecule has 1 fully saturated rings. The van der Waals surface area contributed by atoms with E-state index < -0.39 is 0 Å². The molecule has 144 valence electrons. The first-order chi connectivity index (χ1) is 12.7. The van der Waals surface area contributed by atoms with Crippen LogP contribution in [0.15, 0.2) is 36.1 Å². The number of ether oxygens (including phenoxy) is 2. The molecule has 1 N–H and O–H groups in total. The van der Waals surface area contributed by atoms with Gasteiger partial charge in [-0.25, -0.2) is 4.79 Å². The van der Waals surface area contributed by atoms with Gasteiger partial charge in [-0.3, -0.25) is 4.90 Å². The van der Waals surface area contributed by atoms with Gasteiger partial charge < -0.3 is 26.9 Å². The summed E-state index contributed by atoms with van der Waals surface area (Å²) in [6.45, 7) is 4.13. The Kier molecular flexibility index (Phi) is 4.68. The molecule has 0 spiro atoms. The van der Waals surface area contributed by atoms with Crippen LogP contribution >= 0.6 is 0 Å². The van der Waals surface area contributed by atoms with E-state index in [0.29, 0.717) is 17.5 Å². The number of H-pyrrole nitrogens is 1. The first kappa shape index (κ1) is 18.4. The fourth-order valence-electron chi connectivity index (χ4n) is 5.19. The molecule has 4 atom stereocenters. The van der Waals surface area contributed by atoms with Crippen LogP contribution in [0.4, 0.5) is 0 Å². The largest absolute Gasteiger partial charge is 1.00 e. The van der Waals surface area contributed by atoms with E-state index >= 15 is 0 Å². The second kappa shape index (κ2) is 6.88. The summed E-state index contributed by atoms with van der Waals surface area (Å²) in [5.41, 5.74) is 4.69. The lowest BCUT2D eigenvalue weighted by Crippen LogP contribution is -3.00. The van der Waals surface area contributed by atoms with E-state index in [1.54, 1.807) is 6.26 Å². The predicted molar refractivity (Wildman–Crippen MR) is 98.6 cm³/mol. The second-order valence-electron chi connectivity index (χ2n) is 7.74. The highest BCUT2D eigenvalue weighted by atomic mass is 35.5. The first-order valence-corrected chi connectivity index (χ1v) is 9.44. The summed E-state index contributed by atoms with van der Waals surface area (Å²) in [6.07, 6.45) is 3.77. The molecule has 27 heavy (non-hydrogen) atoms. The van der Waals surface area contributed by atoms with E-state index in [-0.39, 0.29) is 30.4 Å². The number of halogens is 1. The third kappa shape index (κ3) is 2.75. The molecule has 1 aromatic heterocycles. The number of aromatic nitrogens is 1. The lowest BCUT2D eigenvalue weighted by atomic mass is 9.72. The van der Waals surface area contributed by atoms with Crippen LogP contribution in [0.2, 0.25) is 0 Å². The first-order valence-electron chi connectivity index (χ1n) is 9.44. The lowest BCUT2D eigenvalue weighted by molar-refractivity contribution is -0.139. The molecule has 4 heterocycles. The Morgan fingerprint density at radius 2 is 2.15 bits per heavy atom. The number of hydrogen-bond donors (Lipinski definition) is 1. The standard InChI is InChI=1S/C21H24N2O3.ClH/c1-12-16-10-23-8-7-14-13-5-3-4-6-18(13)22-20(14)19(23)9-15(16)17(11-26-12)21(24)25-2;/h3-6,11-12,15-16,19,22H,7-10H2,1-2H3;1H/p-1/t12-,15-,16+,19-;/m0./s1. The normalized spacial score (nSPS) is 29.5. The summed E-state index contributed by atoms with van der Waals surface area (Å²) in [4.78, 5) is 18.5. The van der Waals surface area contributed by atoms with Gasteiger partial charge in [0.05, 0.1) is 31.1 Å². The fraction of sp³-hybridized carbons (Fsp3) is 0.476. The molecule has 2 aromatic rings. The number of nitrogens with one attached hydrogen (secondary N) is 1. The van der Waals surface area contributed by atoms with Crippen molar-refractivity contribution in [2.24, 2.45) is 11.8 Å². The third-order valence-electron chi connectivity index (χ3n) is 6.54. The zero-order valence-corrected chi connectivity index (χ0v) is 16.3. The highest BCUT2D eigenvalue weighted by Gasteiger charge is 2.46. The van der Waals surface area contributed by atoms with E-state index in [0.717, 1.165) is 25.9 Å². The Bertz CT molecular complexity index is 906. The van der Waals surface area contributed by atoms with Crippen LogP contribution in [0.25, 0.3) is 10.9 Å². The Morgan fingerprint density at radius 1 is 1.33 bits per heavy atom. The third-order valence-corrected chi connectivity index (χ3v) is 6.54. The minimum absolute atomic E-state index is 0. The number of aromatic amines is 1. The van der Waals surface area contributed by atoms with Gasteiger partial charge in [-0.05, 0) is 31.4 Å². The molecule has 0 unspecified atom stereocenters. The average molecular weight is 388 g/mol. The summed E-state index contributed by atoms with van der Waals surface area (Å²) in [6, 6.07) is 8.88. The highest BCUT2D eigenvalue weighted by Crippen LogP contribution is 2.47. The second-order valence-corrected chi connectivity index (χ2v) is 7.74. The number of methoxy groups -OCH3 is 1. The summed E-state index contributed by atoms with van der Waals surface area (Å²) < 4.78 is 10.8. The van der Waals surface area contributed by atoms with Crippen LogP contribution < -0.4 is 12.4 Å². The monoisotopic (exact) mass is 387 g/mol. The van der Waals surface area contributed by atoms with Crippen LogP contribution in [-0.2, 0) is 20.7 Å². The van der Waals surface area contributed by atoms with E-state index in [4.69, 9.17) is 9.47 Å². The van der Waals surface area contributed by atoms with E-state index in [1.807, 2.05) is 0 Å². The van der Waals surface area contributed by atoms with Gasteiger partial charge in [0.1, 0.15) is 0 Å². The predicted octanol–water partition coefficient (Wildman–Crippen LogP) is 0.183. The molecule has 5 rings (SSSR count). The fourth-order valence-corrected chi connectivity index (χ4v) is 5.19. The van der Waals surface area contributed by atoms with Crippen molar-refractivity contribution in [1.29, 1.82) is 0 Å². The number of nitrogens with zero attached hydrogens (tertiary/aromatic N) is 1. The number of carbonyl (C=O) groups is 1. The van der Waals surface area contributed by atoms with Crippen LogP contribution in [0.3, 0.4) is 0 Å². The van der Waals surface area contributed by atoms with Gasteiger partial charge in [-0.15, -0.1) is 0 Å². The molecule has 0 saturated carbocycles. The number of hydrogen-bond acceptors (Lipinski definition) is 4. The smallest absolute Gasteiger partial charge is 0.337 e. The van der Waals surface area contributed by atoms with Gasteiger partial charge in [0, 0.05) is 41.5 Å². The zero-order chi connectivity index (χ0) is 17.8. The summed E-state index contributed by atoms with van der Waals surface area (Å²) in [5.74, 6) is 0.258. The van der Waals surface area contributed by atoms with Crippen LogP contribution in [0.5, 0.6) is 0 Å². The Hall–Kier alpha value is -1.98. The number of esters is 1. The van der Waals surface area contributed by atoms with Crippen molar-refractivity contribution in [3.63, 3.8) is 0 Å². The number of rotatable bonds is 1. The van der Waals surface area contributed by atoms with Crippen LogP contribution in [-0.4, -0.2) is 42.2 Å².